The average molecular weight is 425 g/mol. The van der Waals surface area contributed by atoms with Gasteiger partial charge in [0.25, 0.3) is 0 Å². The highest BCUT2D eigenvalue weighted by Crippen LogP contribution is 2.25. The molecule has 0 amide bonds. The molecule has 2 rings (SSSR count). The van der Waals surface area contributed by atoms with E-state index in [2.05, 4.69) is 50.2 Å². The summed E-state index contributed by atoms with van der Waals surface area (Å²) in [6.45, 7) is 4.55. The minimum atomic E-state index is -5.84. The summed E-state index contributed by atoms with van der Waals surface area (Å²) in [7, 11) is -5.84. The Balaban J connectivity index is 0.000000645. The number of halogens is 3. The van der Waals surface area contributed by atoms with E-state index in [0.717, 1.165) is 0 Å². The van der Waals surface area contributed by atoms with Crippen LogP contribution in [0.2, 0.25) is 0 Å². The number of alkyl halides is 3. The Kier molecular flexibility index (Phi) is 11.0. The lowest BCUT2D eigenvalue weighted by Gasteiger charge is -2.13. The van der Waals surface area contributed by atoms with Crippen molar-refractivity contribution in [2.45, 2.75) is 57.9 Å². The summed E-state index contributed by atoms with van der Waals surface area (Å²) in [5.41, 5.74) is -2.36. The van der Waals surface area contributed by atoms with Gasteiger partial charge in [-0.3, -0.25) is 4.55 Å². The van der Waals surface area contributed by atoms with Crippen LogP contribution in [0.25, 0.3) is 10.8 Å². The Morgan fingerprint density at radius 3 is 1.96 bits per heavy atom. The van der Waals surface area contributed by atoms with E-state index in [4.69, 9.17) is 13.0 Å². The van der Waals surface area contributed by atoms with Crippen LogP contribution in [0.4, 0.5) is 13.2 Å². The molecule has 0 atom stereocenters. The van der Waals surface area contributed by atoms with Gasteiger partial charge in [0.1, 0.15) is 0 Å². The van der Waals surface area contributed by atoms with Gasteiger partial charge in [-0.1, -0.05) is 63.1 Å². The van der Waals surface area contributed by atoms with Crippen LogP contribution in [-0.2, 0) is 23.0 Å². The second-order valence-corrected chi connectivity index (χ2v) is 7.47. The average Bonchev–Trinajstić information content (AvgIpc) is 2.57. The van der Waals surface area contributed by atoms with Gasteiger partial charge < -0.3 is 0 Å². The van der Waals surface area contributed by atoms with Crippen LogP contribution in [0.1, 0.15) is 50.7 Å². The highest BCUT2D eigenvalue weighted by molar-refractivity contribution is 7.86. The summed E-state index contributed by atoms with van der Waals surface area (Å²) >= 11 is 0. The van der Waals surface area contributed by atoms with Gasteiger partial charge >= 0.3 is 15.6 Å². The van der Waals surface area contributed by atoms with E-state index in [-0.39, 0.29) is 13.5 Å². The predicted octanol–water partition coefficient (Wildman–Crippen LogP) is 6.03. The highest BCUT2D eigenvalue weighted by atomic mass is 32.2. The third-order valence-corrected chi connectivity index (χ3v) is 4.60. The fourth-order valence-corrected chi connectivity index (χ4v) is 2.63. The van der Waals surface area contributed by atoms with Crippen LogP contribution in [-0.4, -0.2) is 18.5 Å². The van der Waals surface area contributed by atoms with Gasteiger partial charge in [0.15, 0.2) is 0 Å². The van der Waals surface area contributed by atoms with Crippen molar-refractivity contribution in [3.8, 4) is 0 Å². The Bertz CT molecular complexity index is 803. The summed E-state index contributed by atoms with van der Waals surface area (Å²) in [4.78, 5) is 0. The number of hydrogen-bond donors (Lipinski definition) is 1. The Morgan fingerprint density at radius 2 is 1.44 bits per heavy atom. The molecule has 0 fully saturated rings. The Labute approximate surface area is 166 Å². The third kappa shape index (κ3) is 8.11. The molecule has 0 aromatic heterocycles. The zero-order valence-electron chi connectivity index (χ0n) is 15.5. The fourth-order valence-electron chi connectivity index (χ4n) is 2.63. The molecule has 1 N–H and O–H groups in total. The fraction of sp³-hybridized carbons (Fsp3) is 0.474. The van der Waals surface area contributed by atoms with E-state index < -0.39 is 15.6 Å². The maximum atomic E-state index is 10.7. The maximum absolute atomic E-state index is 10.7. The van der Waals surface area contributed by atoms with E-state index >= 15 is 0 Å². The van der Waals surface area contributed by atoms with Crippen molar-refractivity contribution in [1.29, 1.82) is 0 Å². The lowest BCUT2D eigenvalue weighted by atomic mass is 9.92. The van der Waals surface area contributed by atoms with Crippen LogP contribution in [0.15, 0.2) is 36.4 Å². The smallest absolute Gasteiger partial charge is 0.279 e. The normalized spacial score (nSPS) is 11.5. The largest absolute Gasteiger partial charge is 0.522 e. The number of unbranched alkanes of at least 4 members (excludes halogenated alkanes) is 2. The second kappa shape index (κ2) is 11.6. The molecule has 0 aliphatic rings. The van der Waals surface area contributed by atoms with Crippen molar-refractivity contribution in [3.63, 3.8) is 0 Å². The lowest BCUT2D eigenvalue weighted by Crippen LogP contribution is -2.21. The summed E-state index contributed by atoms with van der Waals surface area (Å²) in [6.07, 6.45) is 7.62. The van der Waals surface area contributed by atoms with Gasteiger partial charge in [-0.25, -0.2) is 0 Å². The second-order valence-electron chi connectivity index (χ2n) is 6.05. The third-order valence-electron chi connectivity index (χ3n) is 4.01. The number of fused-ring (bicyclic) bond motifs is 1. The predicted molar refractivity (Wildman–Crippen MR) is 109 cm³/mol. The first kappa shape index (κ1) is 25.8. The van der Waals surface area contributed by atoms with Crippen molar-refractivity contribution in [2.75, 3.05) is 0 Å². The van der Waals surface area contributed by atoms with Gasteiger partial charge in [-0.15, -0.1) is 0 Å². The Morgan fingerprint density at radius 1 is 0.926 bits per heavy atom. The number of rotatable bonds is 6. The van der Waals surface area contributed by atoms with Crippen molar-refractivity contribution in [2.24, 2.45) is 0 Å². The van der Waals surface area contributed by atoms with Crippen molar-refractivity contribution in [1.82, 2.24) is 0 Å². The molecule has 0 radical (unpaired) electrons. The molecule has 0 spiro atoms. The minimum Gasteiger partial charge on any atom is -0.279 e. The van der Waals surface area contributed by atoms with Crippen LogP contribution >= 0.6 is 13.5 Å². The van der Waals surface area contributed by atoms with Gasteiger partial charge in [-0.2, -0.15) is 35.1 Å². The number of hydrogen-bond acceptors (Lipinski definition) is 2. The molecule has 0 aliphatic carbocycles. The molecular weight excluding hydrogens is 397 g/mol. The van der Waals surface area contributed by atoms with Crippen LogP contribution in [0, 0.1) is 0 Å². The van der Waals surface area contributed by atoms with Gasteiger partial charge in [0.05, 0.1) is 0 Å². The lowest BCUT2D eigenvalue weighted by molar-refractivity contribution is -0.0510. The molecule has 0 saturated carbocycles. The zero-order valence-corrected chi connectivity index (χ0v) is 17.3. The van der Waals surface area contributed by atoms with E-state index in [0.29, 0.717) is 0 Å². The zero-order chi connectivity index (χ0) is 19.8. The molecule has 8 heteroatoms. The minimum absolute atomic E-state index is 0. The van der Waals surface area contributed by atoms with Gasteiger partial charge in [0, 0.05) is 0 Å². The maximum Gasteiger partial charge on any atom is 0.522 e. The topological polar surface area (TPSA) is 54.4 Å². The van der Waals surface area contributed by atoms with Crippen LogP contribution < -0.4 is 0 Å². The van der Waals surface area contributed by atoms with Crippen LogP contribution in [0.5, 0.6) is 0 Å². The summed E-state index contributed by atoms with van der Waals surface area (Å²) in [5, 5.41) is 2.86. The first-order valence-corrected chi connectivity index (χ1v) is 10.1. The molecule has 0 heterocycles. The number of benzene rings is 2. The molecule has 2 aromatic rings. The molecular formula is C19H27F3O3S2. The SMILES string of the molecule is CCCCc1ccc2ccccc2c1CCCC.O=S(=O)(O)C(F)(F)F.S. The molecule has 3 nitrogen and oxygen atoms in total. The summed E-state index contributed by atoms with van der Waals surface area (Å²) in [5.74, 6) is 0. The van der Waals surface area contributed by atoms with E-state index in [9.17, 15) is 13.2 Å². The molecule has 0 bridgehead atoms. The van der Waals surface area contributed by atoms with Gasteiger partial charge in [-0.05, 0) is 47.6 Å². The van der Waals surface area contributed by atoms with Crippen LogP contribution in [0.3, 0.4) is 0 Å². The monoisotopic (exact) mass is 424 g/mol. The quantitative estimate of drug-likeness (QED) is 0.455. The van der Waals surface area contributed by atoms with Gasteiger partial charge in [0.2, 0.25) is 0 Å². The first-order valence-electron chi connectivity index (χ1n) is 8.65. The van der Waals surface area contributed by atoms with E-state index in [1.165, 1.54) is 49.3 Å². The molecule has 0 unspecified atom stereocenters. The van der Waals surface area contributed by atoms with Crippen molar-refractivity contribution < 1.29 is 26.1 Å². The molecule has 27 heavy (non-hydrogen) atoms. The van der Waals surface area contributed by atoms with E-state index in [1.807, 2.05) is 0 Å². The molecule has 2 aromatic carbocycles. The first-order chi connectivity index (χ1) is 12.1. The van der Waals surface area contributed by atoms with E-state index in [1.54, 1.807) is 11.1 Å². The molecule has 0 saturated heterocycles. The highest BCUT2D eigenvalue weighted by Gasteiger charge is 2.44. The number of aryl methyl sites for hydroxylation is 2. The molecule has 0 aliphatic heterocycles. The van der Waals surface area contributed by atoms with Crippen molar-refractivity contribution >= 4 is 34.4 Å². The Hall–Kier alpha value is -1.25. The van der Waals surface area contributed by atoms with Crippen molar-refractivity contribution in [3.05, 3.63) is 47.5 Å². The summed E-state index contributed by atoms with van der Waals surface area (Å²) < 4.78 is 57.5. The summed E-state index contributed by atoms with van der Waals surface area (Å²) in [6, 6.07) is 13.5. The molecule has 154 valence electrons. The standard InChI is InChI=1S/C18H24.CHF3O3S.H2S/c1-3-5-9-15-13-14-16-10-7-8-12-18(16)17(15)11-6-4-2;2-1(3,4)8(5,6)7;/h7-8,10,12-14H,3-6,9,11H2,1-2H3;(H,5,6,7);1H2.